The fraction of sp³-hybridized carbons (Fsp3) is 0.143. The minimum absolute atomic E-state index is 0.782. The number of pyridine rings is 3. The molecule has 8 heteroatoms. The third-order valence-electron chi connectivity index (χ3n) is 6.22. The number of nitrogens with one attached hydrogen (secondary N) is 3. The molecule has 0 bridgehead atoms. The third-order valence-corrected chi connectivity index (χ3v) is 7.12. The highest BCUT2D eigenvalue weighted by Crippen LogP contribution is 2.36. The molecular weight excluding hydrogens is 466 g/mol. The molecule has 1 aliphatic rings. The lowest BCUT2D eigenvalue weighted by Crippen LogP contribution is -2.10. The summed E-state index contributed by atoms with van der Waals surface area (Å²) >= 11 is 1.74. The van der Waals surface area contributed by atoms with Crippen molar-refractivity contribution in [2.24, 2.45) is 0 Å². The molecule has 0 saturated heterocycles. The van der Waals surface area contributed by atoms with Gasteiger partial charge in [-0.3, -0.25) is 15.1 Å². The SMILES string of the molecule is C=C(CCC)Nc1cncc(-c2cc3c(C4=CCc5c(-c6cccs6)ccnc5N4)n[nH]c3cn2)c1. The van der Waals surface area contributed by atoms with Crippen LogP contribution in [0.25, 0.3) is 38.3 Å². The molecule has 0 spiro atoms. The van der Waals surface area contributed by atoms with Crippen LogP contribution in [0.4, 0.5) is 11.5 Å². The van der Waals surface area contributed by atoms with E-state index in [0.717, 1.165) is 70.0 Å². The number of hydrogen-bond donors (Lipinski definition) is 3. The average molecular weight is 492 g/mol. The molecule has 7 nitrogen and oxygen atoms in total. The van der Waals surface area contributed by atoms with E-state index >= 15 is 0 Å². The Kier molecular flexibility index (Phi) is 5.79. The van der Waals surface area contributed by atoms with Crippen molar-refractivity contribution in [3.8, 4) is 21.7 Å². The van der Waals surface area contributed by atoms with Crippen molar-refractivity contribution in [1.29, 1.82) is 0 Å². The van der Waals surface area contributed by atoms with Gasteiger partial charge in [-0.25, -0.2) is 4.98 Å². The molecule has 0 saturated carbocycles. The summed E-state index contributed by atoms with van der Waals surface area (Å²) in [7, 11) is 0. The highest BCUT2D eigenvalue weighted by atomic mass is 32.1. The van der Waals surface area contributed by atoms with E-state index in [1.54, 1.807) is 17.5 Å². The quantitative estimate of drug-likeness (QED) is 0.230. The lowest BCUT2D eigenvalue weighted by atomic mass is 10.00. The van der Waals surface area contributed by atoms with Crippen molar-refractivity contribution in [2.45, 2.75) is 26.2 Å². The molecule has 5 aromatic heterocycles. The Bertz CT molecular complexity index is 1600. The molecule has 36 heavy (non-hydrogen) atoms. The first kappa shape index (κ1) is 22.2. The van der Waals surface area contributed by atoms with Gasteiger partial charge in [-0.05, 0) is 42.5 Å². The fourth-order valence-corrected chi connectivity index (χ4v) is 5.28. The van der Waals surface area contributed by atoms with Crippen molar-refractivity contribution in [2.75, 3.05) is 10.6 Å². The van der Waals surface area contributed by atoms with E-state index in [-0.39, 0.29) is 0 Å². The molecular formula is C28H25N7S. The Balaban J connectivity index is 1.32. The predicted octanol–water partition coefficient (Wildman–Crippen LogP) is 6.88. The minimum atomic E-state index is 0.782. The zero-order valence-electron chi connectivity index (χ0n) is 19.9. The Hall–Kier alpha value is -4.30. The second-order valence-electron chi connectivity index (χ2n) is 8.74. The number of hydrogen-bond acceptors (Lipinski definition) is 7. The van der Waals surface area contributed by atoms with E-state index in [4.69, 9.17) is 0 Å². The largest absolute Gasteiger partial charge is 0.358 e. The van der Waals surface area contributed by atoms with Crippen LogP contribution in [0.15, 0.2) is 78.9 Å². The van der Waals surface area contributed by atoms with Gasteiger partial charge < -0.3 is 10.6 Å². The molecule has 0 radical (unpaired) electrons. The van der Waals surface area contributed by atoms with E-state index in [0.29, 0.717) is 0 Å². The maximum absolute atomic E-state index is 4.66. The molecule has 1 aliphatic heterocycles. The first-order valence-corrected chi connectivity index (χ1v) is 12.8. The maximum atomic E-state index is 4.66. The van der Waals surface area contributed by atoms with Crippen molar-refractivity contribution in [3.05, 3.63) is 90.1 Å². The summed E-state index contributed by atoms with van der Waals surface area (Å²) < 4.78 is 0. The van der Waals surface area contributed by atoms with Crippen molar-refractivity contribution in [1.82, 2.24) is 25.1 Å². The van der Waals surface area contributed by atoms with Crippen LogP contribution in [0.2, 0.25) is 0 Å². The van der Waals surface area contributed by atoms with E-state index in [1.165, 1.54) is 16.0 Å². The van der Waals surface area contributed by atoms with Crippen LogP contribution >= 0.6 is 11.3 Å². The fourth-order valence-electron chi connectivity index (χ4n) is 4.50. The average Bonchev–Trinajstić information content (AvgIpc) is 3.58. The van der Waals surface area contributed by atoms with Gasteiger partial charge in [-0.1, -0.05) is 32.1 Å². The van der Waals surface area contributed by atoms with Gasteiger partial charge >= 0.3 is 0 Å². The number of anilines is 2. The number of thiophene rings is 1. The summed E-state index contributed by atoms with van der Waals surface area (Å²) in [5.74, 6) is 0.874. The van der Waals surface area contributed by atoms with Crippen molar-refractivity contribution < 1.29 is 0 Å². The number of aromatic amines is 1. The highest BCUT2D eigenvalue weighted by Gasteiger charge is 2.20. The molecule has 0 aromatic carbocycles. The Morgan fingerprint density at radius 2 is 2.11 bits per heavy atom. The molecule has 6 rings (SSSR count). The molecule has 0 aliphatic carbocycles. The smallest absolute Gasteiger partial charge is 0.134 e. The van der Waals surface area contributed by atoms with Gasteiger partial charge in [-0.2, -0.15) is 5.10 Å². The van der Waals surface area contributed by atoms with Crippen LogP contribution in [0.1, 0.15) is 31.0 Å². The molecule has 0 unspecified atom stereocenters. The van der Waals surface area contributed by atoms with E-state index in [2.05, 4.69) is 85.0 Å². The van der Waals surface area contributed by atoms with E-state index in [1.807, 2.05) is 24.7 Å². The molecule has 5 aromatic rings. The number of fused-ring (bicyclic) bond motifs is 2. The molecule has 178 valence electrons. The summed E-state index contributed by atoms with van der Waals surface area (Å²) in [6.07, 6.45) is 12.2. The van der Waals surface area contributed by atoms with Crippen LogP contribution in [0, 0.1) is 0 Å². The van der Waals surface area contributed by atoms with Crippen LogP contribution in [-0.4, -0.2) is 25.1 Å². The second-order valence-corrected chi connectivity index (χ2v) is 9.69. The maximum Gasteiger partial charge on any atom is 0.134 e. The Labute approximate surface area is 213 Å². The summed E-state index contributed by atoms with van der Waals surface area (Å²) in [5.41, 5.74) is 8.72. The number of rotatable bonds is 7. The number of allylic oxidation sites excluding steroid dienone is 2. The summed E-state index contributed by atoms with van der Waals surface area (Å²) in [5, 5.41) is 17.7. The van der Waals surface area contributed by atoms with Crippen LogP contribution in [0.5, 0.6) is 0 Å². The van der Waals surface area contributed by atoms with Gasteiger partial charge in [0.25, 0.3) is 0 Å². The molecule has 6 heterocycles. The Morgan fingerprint density at radius 3 is 2.97 bits per heavy atom. The van der Waals surface area contributed by atoms with E-state index < -0.39 is 0 Å². The zero-order valence-corrected chi connectivity index (χ0v) is 20.7. The topological polar surface area (TPSA) is 91.4 Å². The molecule has 0 amide bonds. The second kappa shape index (κ2) is 9.39. The van der Waals surface area contributed by atoms with Crippen molar-refractivity contribution in [3.63, 3.8) is 0 Å². The van der Waals surface area contributed by atoms with Crippen molar-refractivity contribution >= 4 is 39.4 Å². The van der Waals surface area contributed by atoms with Gasteiger partial charge in [0.15, 0.2) is 0 Å². The van der Waals surface area contributed by atoms with Gasteiger partial charge in [0.2, 0.25) is 0 Å². The number of aromatic nitrogens is 5. The predicted molar refractivity (Wildman–Crippen MR) is 148 cm³/mol. The summed E-state index contributed by atoms with van der Waals surface area (Å²) in [4.78, 5) is 14.9. The summed E-state index contributed by atoms with van der Waals surface area (Å²) in [6.45, 7) is 6.23. The molecule has 3 N–H and O–H groups in total. The molecule has 0 atom stereocenters. The first-order valence-electron chi connectivity index (χ1n) is 11.9. The van der Waals surface area contributed by atoms with Gasteiger partial charge in [0.05, 0.1) is 35.0 Å². The lowest BCUT2D eigenvalue weighted by Gasteiger charge is -2.19. The molecule has 0 fully saturated rings. The van der Waals surface area contributed by atoms with Gasteiger partial charge in [0, 0.05) is 45.0 Å². The Morgan fingerprint density at radius 1 is 1.17 bits per heavy atom. The van der Waals surface area contributed by atoms with Crippen LogP contribution in [0.3, 0.4) is 0 Å². The van der Waals surface area contributed by atoms with Crippen LogP contribution in [-0.2, 0) is 6.42 Å². The van der Waals surface area contributed by atoms with Gasteiger partial charge in [-0.15, -0.1) is 11.3 Å². The third kappa shape index (κ3) is 4.16. The lowest BCUT2D eigenvalue weighted by molar-refractivity contribution is 0.913. The zero-order chi connectivity index (χ0) is 24.5. The number of H-pyrrole nitrogens is 1. The minimum Gasteiger partial charge on any atom is -0.358 e. The highest BCUT2D eigenvalue weighted by molar-refractivity contribution is 7.13. The first-order chi connectivity index (χ1) is 17.7. The van der Waals surface area contributed by atoms with E-state index in [9.17, 15) is 0 Å². The monoisotopic (exact) mass is 491 g/mol. The normalized spacial score (nSPS) is 12.6. The number of nitrogens with zero attached hydrogens (tertiary/aromatic N) is 4. The van der Waals surface area contributed by atoms with Crippen LogP contribution < -0.4 is 10.6 Å². The summed E-state index contributed by atoms with van der Waals surface area (Å²) in [6, 6.07) is 10.4. The van der Waals surface area contributed by atoms with Gasteiger partial charge in [0.1, 0.15) is 11.5 Å². The standard InChI is InChI=1S/C28H25N7S/c1-3-5-17(2)32-19-12-18(14-29-15-19)24-13-22-25(16-31-24)34-35-27(22)23-8-7-21-20(26-6-4-11-36-26)9-10-30-28(21)33-23/h4,6,8-16,32H,2-3,5,7H2,1H3,(H,30,33)(H,34,35).